The molecule has 6 nitrogen and oxygen atoms in total. The van der Waals surface area contributed by atoms with E-state index < -0.39 is 0 Å². The molecule has 0 saturated carbocycles. The van der Waals surface area contributed by atoms with E-state index in [0.29, 0.717) is 39.1 Å². The fourth-order valence-electron chi connectivity index (χ4n) is 4.20. The Morgan fingerprint density at radius 2 is 1.73 bits per heavy atom. The first-order chi connectivity index (χ1) is 14.7. The lowest BCUT2D eigenvalue weighted by Crippen LogP contribution is -2.24. The lowest BCUT2D eigenvalue weighted by Gasteiger charge is -2.17. The Balaban J connectivity index is 1.94. The van der Waals surface area contributed by atoms with Crippen LogP contribution in [0.4, 0.5) is 0 Å². The fourth-order valence-corrected chi connectivity index (χ4v) is 4.20. The van der Waals surface area contributed by atoms with Crippen molar-refractivity contribution in [3.05, 3.63) is 88.0 Å². The summed E-state index contributed by atoms with van der Waals surface area (Å²) in [5, 5.41) is 0.900. The third-order valence-electron chi connectivity index (χ3n) is 5.50. The maximum absolute atomic E-state index is 13.8. The van der Waals surface area contributed by atoms with Gasteiger partial charge in [0.15, 0.2) is 17.3 Å². The number of rotatable bonds is 4. The molecule has 0 atom stereocenters. The van der Waals surface area contributed by atoms with E-state index in [0.717, 1.165) is 11.1 Å². The minimum atomic E-state index is -0.243. The molecule has 0 N–H and O–H groups in total. The normalized spacial score (nSPS) is 12.0. The van der Waals surface area contributed by atoms with Crippen molar-refractivity contribution in [2.75, 3.05) is 14.2 Å². The molecule has 5 rings (SSSR count). The zero-order valence-corrected chi connectivity index (χ0v) is 16.5. The number of aromatic nitrogens is 2. The van der Waals surface area contributed by atoms with Gasteiger partial charge < -0.3 is 14.0 Å². The van der Waals surface area contributed by atoms with Crippen molar-refractivity contribution in [2.24, 2.45) is 0 Å². The molecular weight excluding hydrogens is 380 g/mol. The van der Waals surface area contributed by atoms with Crippen LogP contribution >= 0.6 is 0 Å². The summed E-state index contributed by atoms with van der Waals surface area (Å²) in [5.41, 5.74) is 3.11. The van der Waals surface area contributed by atoms with Crippen LogP contribution in [0.1, 0.15) is 21.5 Å². The van der Waals surface area contributed by atoms with Gasteiger partial charge in [-0.05, 0) is 23.8 Å². The SMILES string of the molecule is COc1ccc2c3c(n(Cc4cccnc4)c(=O)c2c1OC)-c1ccccc1C3=O. The summed E-state index contributed by atoms with van der Waals surface area (Å²) in [7, 11) is 3.01. The van der Waals surface area contributed by atoms with Gasteiger partial charge >= 0.3 is 0 Å². The van der Waals surface area contributed by atoms with Crippen LogP contribution in [0.5, 0.6) is 11.5 Å². The van der Waals surface area contributed by atoms with Crippen LogP contribution < -0.4 is 15.0 Å². The van der Waals surface area contributed by atoms with E-state index in [-0.39, 0.29) is 17.9 Å². The van der Waals surface area contributed by atoms with Crippen molar-refractivity contribution in [2.45, 2.75) is 6.54 Å². The van der Waals surface area contributed by atoms with Crippen LogP contribution in [-0.4, -0.2) is 29.6 Å². The largest absolute Gasteiger partial charge is 0.493 e. The van der Waals surface area contributed by atoms with E-state index >= 15 is 0 Å². The highest BCUT2D eigenvalue weighted by Gasteiger charge is 2.33. The molecule has 30 heavy (non-hydrogen) atoms. The molecule has 2 aromatic heterocycles. The number of ether oxygens (including phenoxy) is 2. The molecule has 0 fully saturated rings. The topological polar surface area (TPSA) is 70.4 Å². The fraction of sp³-hybridized carbons (Fsp3) is 0.125. The molecule has 0 spiro atoms. The van der Waals surface area contributed by atoms with Crippen LogP contribution in [0.25, 0.3) is 22.0 Å². The van der Waals surface area contributed by atoms with E-state index in [1.165, 1.54) is 14.2 Å². The number of pyridine rings is 2. The summed E-state index contributed by atoms with van der Waals surface area (Å²) in [4.78, 5) is 31.3. The number of hydrogen-bond acceptors (Lipinski definition) is 5. The van der Waals surface area contributed by atoms with Gasteiger partial charge in [0.25, 0.3) is 5.56 Å². The van der Waals surface area contributed by atoms with Crippen molar-refractivity contribution in [3.8, 4) is 22.8 Å². The van der Waals surface area contributed by atoms with Gasteiger partial charge in [-0.3, -0.25) is 14.6 Å². The van der Waals surface area contributed by atoms with Crippen LogP contribution in [0.3, 0.4) is 0 Å². The van der Waals surface area contributed by atoms with Gasteiger partial charge in [0, 0.05) is 28.9 Å². The first kappa shape index (κ1) is 18.1. The van der Waals surface area contributed by atoms with E-state index in [1.807, 2.05) is 30.3 Å². The quantitative estimate of drug-likeness (QED) is 0.462. The van der Waals surface area contributed by atoms with Gasteiger partial charge in [0.05, 0.1) is 37.4 Å². The van der Waals surface area contributed by atoms with Gasteiger partial charge in [0.2, 0.25) is 0 Å². The molecule has 0 aliphatic heterocycles. The number of ketones is 1. The number of benzene rings is 2. The lowest BCUT2D eigenvalue weighted by atomic mass is 10.0. The zero-order chi connectivity index (χ0) is 20.8. The minimum absolute atomic E-state index is 0.0993. The maximum atomic E-state index is 13.8. The molecule has 1 aliphatic carbocycles. The van der Waals surface area contributed by atoms with E-state index in [4.69, 9.17) is 9.47 Å². The Hall–Kier alpha value is -3.93. The van der Waals surface area contributed by atoms with Crippen molar-refractivity contribution in [3.63, 3.8) is 0 Å². The maximum Gasteiger partial charge on any atom is 0.263 e. The number of methoxy groups -OCH3 is 2. The van der Waals surface area contributed by atoms with Gasteiger partial charge in [-0.25, -0.2) is 0 Å². The second-order valence-electron chi connectivity index (χ2n) is 7.07. The first-order valence-electron chi connectivity index (χ1n) is 9.50. The predicted octanol–water partition coefficient (Wildman–Crippen LogP) is 3.67. The standard InChI is InChI=1S/C24H18N2O4/c1-29-18-10-9-17-19-21(15-7-3-4-8-16(15)22(19)27)26(13-14-6-5-11-25-12-14)24(28)20(17)23(18)30-2/h3-12H,13H2,1-2H3. The van der Waals surface area contributed by atoms with Crippen LogP contribution in [0, 0.1) is 0 Å². The lowest BCUT2D eigenvalue weighted by molar-refractivity contribution is 0.104. The van der Waals surface area contributed by atoms with Crippen molar-refractivity contribution >= 4 is 16.6 Å². The Kier molecular flexibility index (Phi) is 4.13. The second-order valence-corrected chi connectivity index (χ2v) is 7.07. The first-order valence-corrected chi connectivity index (χ1v) is 9.50. The monoisotopic (exact) mass is 398 g/mol. The minimum Gasteiger partial charge on any atom is -0.493 e. The number of nitrogens with zero attached hydrogens (tertiary/aromatic N) is 2. The summed E-state index contributed by atoms with van der Waals surface area (Å²) >= 11 is 0. The summed E-state index contributed by atoms with van der Waals surface area (Å²) < 4.78 is 12.6. The third kappa shape index (κ3) is 2.47. The highest BCUT2D eigenvalue weighted by atomic mass is 16.5. The summed E-state index contributed by atoms with van der Waals surface area (Å²) in [6, 6.07) is 14.6. The Morgan fingerprint density at radius 1 is 0.933 bits per heavy atom. The number of fused-ring (bicyclic) bond motifs is 5. The summed E-state index contributed by atoms with van der Waals surface area (Å²) in [5.74, 6) is 0.669. The van der Waals surface area contributed by atoms with Gasteiger partial charge in [-0.2, -0.15) is 0 Å². The molecule has 2 aromatic carbocycles. The smallest absolute Gasteiger partial charge is 0.263 e. The number of hydrogen-bond donors (Lipinski definition) is 0. The van der Waals surface area contributed by atoms with Crippen molar-refractivity contribution in [1.29, 1.82) is 0 Å². The highest BCUT2D eigenvalue weighted by Crippen LogP contribution is 2.43. The van der Waals surface area contributed by atoms with E-state index in [1.54, 1.807) is 35.2 Å². The number of carbonyl (C=O) groups is 1. The van der Waals surface area contributed by atoms with E-state index in [2.05, 4.69) is 4.98 Å². The molecule has 0 amide bonds. The molecule has 6 heteroatoms. The Morgan fingerprint density at radius 3 is 2.43 bits per heavy atom. The molecule has 1 aliphatic rings. The van der Waals surface area contributed by atoms with Crippen LogP contribution in [-0.2, 0) is 6.54 Å². The summed E-state index contributed by atoms with van der Waals surface area (Å²) in [6.45, 7) is 0.285. The molecule has 0 saturated heterocycles. The van der Waals surface area contributed by atoms with Crippen molar-refractivity contribution in [1.82, 2.24) is 9.55 Å². The molecule has 148 valence electrons. The Labute approximate surface area is 172 Å². The zero-order valence-electron chi connectivity index (χ0n) is 16.5. The van der Waals surface area contributed by atoms with Crippen molar-refractivity contribution < 1.29 is 14.3 Å². The average molecular weight is 398 g/mol. The molecule has 0 bridgehead atoms. The third-order valence-corrected chi connectivity index (χ3v) is 5.50. The molecule has 0 unspecified atom stereocenters. The molecular formula is C24H18N2O4. The summed E-state index contributed by atoms with van der Waals surface area (Å²) in [6.07, 6.45) is 3.40. The van der Waals surface area contributed by atoms with Gasteiger partial charge in [-0.15, -0.1) is 0 Å². The van der Waals surface area contributed by atoms with Gasteiger partial charge in [0.1, 0.15) is 0 Å². The predicted molar refractivity (Wildman–Crippen MR) is 114 cm³/mol. The molecule has 2 heterocycles. The van der Waals surface area contributed by atoms with Crippen LogP contribution in [0.2, 0.25) is 0 Å². The highest BCUT2D eigenvalue weighted by molar-refractivity contribution is 6.27. The molecule has 4 aromatic rings. The Bertz CT molecular complexity index is 1370. The van der Waals surface area contributed by atoms with Crippen LogP contribution in [0.15, 0.2) is 65.7 Å². The average Bonchev–Trinajstić information content (AvgIpc) is 3.09. The second kappa shape index (κ2) is 6.84. The number of carbonyl (C=O) groups excluding carboxylic acids is 1. The van der Waals surface area contributed by atoms with Gasteiger partial charge in [-0.1, -0.05) is 30.3 Å². The molecule has 0 radical (unpaired) electrons. The van der Waals surface area contributed by atoms with E-state index in [9.17, 15) is 9.59 Å².